The molecule has 27 heavy (non-hydrogen) atoms. The van der Waals surface area contributed by atoms with Crippen molar-refractivity contribution >= 4 is 56.4 Å². The lowest BCUT2D eigenvalue weighted by atomic mass is 10.2. The van der Waals surface area contributed by atoms with Crippen LogP contribution < -0.4 is 5.32 Å². The number of nitrogens with one attached hydrogen (secondary N) is 1. The van der Waals surface area contributed by atoms with E-state index < -0.39 is 0 Å². The van der Waals surface area contributed by atoms with E-state index in [0.717, 1.165) is 27.5 Å². The Morgan fingerprint density at radius 1 is 1.15 bits per heavy atom. The van der Waals surface area contributed by atoms with E-state index >= 15 is 0 Å². The molecule has 0 saturated heterocycles. The molecule has 1 amide bonds. The van der Waals surface area contributed by atoms with Crippen LogP contribution in [0.4, 0.5) is 0 Å². The molecule has 136 valence electrons. The average molecular weight is 508 g/mol. The Morgan fingerprint density at radius 2 is 1.89 bits per heavy atom. The van der Waals surface area contributed by atoms with Gasteiger partial charge < -0.3 is 5.32 Å². The van der Waals surface area contributed by atoms with Crippen LogP contribution in [0.15, 0.2) is 60.1 Å². The van der Waals surface area contributed by atoms with Gasteiger partial charge in [0, 0.05) is 38.0 Å². The molecular formula is C20H15ClIN3OS. The van der Waals surface area contributed by atoms with E-state index in [2.05, 4.69) is 32.9 Å². The van der Waals surface area contributed by atoms with E-state index in [4.69, 9.17) is 11.6 Å². The lowest BCUT2D eigenvalue weighted by molar-refractivity contribution is -0.120. The Balaban J connectivity index is 1.46. The second-order valence-corrected chi connectivity index (χ2v) is 8.61. The highest BCUT2D eigenvalue weighted by Gasteiger charge is 2.12. The van der Waals surface area contributed by atoms with Gasteiger partial charge in [0.15, 0.2) is 4.96 Å². The molecule has 0 bridgehead atoms. The SMILES string of the molecule is O=C(Cc1csc2nc(-c3ccc(Cl)cc3)cn12)NCc1ccc(I)cc1. The van der Waals surface area contributed by atoms with Gasteiger partial charge in [-0.05, 0) is 52.4 Å². The molecule has 0 atom stereocenters. The van der Waals surface area contributed by atoms with E-state index in [9.17, 15) is 4.79 Å². The standard InChI is InChI=1S/C20H15ClIN3OS/c21-15-5-3-14(4-6-15)18-11-25-17(12-27-20(25)24-18)9-19(26)23-10-13-1-7-16(22)8-2-13/h1-8,11-12H,9-10H2,(H,23,26). The van der Waals surface area contributed by atoms with Gasteiger partial charge in [0.25, 0.3) is 0 Å². The fourth-order valence-corrected chi connectivity index (χ4v) is 4.10. The van der Waals surface area contributed by atoms with Gasteiger partial charge in [0.2, 0.25) is 5.91 Å². The highest BCUT2D eigenvalue weighted by molar-refractivity contribution is 14.1. The maximum Gasteiger partial charge on any atom is 0.226 e. The first-order valence-corrected chi connectivity index (χ1v) is 10.6. The van der Waals surface area contributed by atoms with Crippen LogP contribution in [0.2, 0.25) is 5.02 Å². The number of fused-ring (bicyclic) bond motifs is 1. The molecule has 0 aliphatic carbocycles. The van der Waals surface area contributed by atoms with Crippen molar-refractivity contribution < 1.29 is 4.79 Å². The summed E-state index contributed by atoms with van der Waals surface area (Å²) in [6, 6.07) is 15.7. The van der Waals surface area contributed by atoms with Crippen molar-refractivity contribution in [1.82, 2.24) is 14.7 Å². The van der Waals surface area contributed by atoms with Gasteiger partial charge >= 0.3 is 0 Å². The van der Waals surface area contributed by atoms with Crippen LogP contribution in [0.1, 0.15) is 11.3 Å². The van der Waals surface area contributed by atoms with Crippen molar-refractivity contribution in [3.63, 3.8) is 0 Å². The van der Waals surface area contributed by atoms with Crippen molar-refractivity contribution in [2.75, 3.05) is 0 Å². The van der Waals surface area contributed by atoms with Crippen LogP contribution in [-0.4, -0.2) is 15.3 Å². The molecule has 0 radical (unpaired) electrons. The van der Waals surface area contributed by atoms with Crippen molar-refractivity contribution in [1.29, 1.82) is 0 Å². The molecule has 0 spiro atoms. The summed E-state index contributed by atoms with van der Waals surface area (Å²) in [4.78, 5) is 17.9. The Labute approximate surface area is 179 Å². The predicted molar refractivity (Wildman–Crippen MR) is 118 cm³/mol. The number of halogens is 2. The van der Waals surface area contributed by atoms with Crippen LogP contribution in [0.3, 0.4) is 0 Å². The molecule has 0 unspecified atom stereocenters. The lowest BCUT2D eigenvalue weighted by Gasteiger charge is -2.05. The summed E-state index contributed by atoms with van der Waals surface area (Å²) in [5.41, 5.74) is 3.90. The molecule has 0 saturated carbocycles. The number of rotatable bonds is 5. The predicted octanol–water partition coefficient (Wildman–Crippen LogP) is 5.18. The molecule has 4 rings (SSSR count). The van der Waals surface area contributed by atoms with Crippen LogP contribution in [0.25, 0.3) is 16.2 Å². The lowest BCUT2D eigenvalue weighted by Crippen LogP contribution is -2.24. The van der Waals surface area contributed by atoms with Crippen molar-refractivity contribution in [3.05, 3.63) is 80.0 Å². The van der Waals surface area contributed by atoms with E-state index in [0.29, 0.717) is 18.0 Å². The quantitative estimate of drug-likeness (QED) is 0.378. The third kappa shape index (κ3) is 4.34. The van der Waals surface area contributed by atoms with E-state index in [1.54, 1.807) is 0 Å². The number of hydrogen-bond acceptors (Lipinski definition) is 3. The summed E-state index contributed by atoms with van der Waals surface area (Å²) in [5.74, 6) is -0.00464. The van der Waals surface area contributed by atoms with E-state index in [1.807, 2.05) is 64.5 Å². The highest BCUT2D eigenvalue weighted by Crippen LogP contribution is 2.25. The number of amides is 1. The molecule has 1 N–H and O–H groups in total. The van der Waals surface area contributed by atoms with Crippen molar-refractivity contribution in [2.45, 2.75) is 13.0 Å². The van der Waals surface area contributed by atoms with Crippen LogP contribution >= 0.6 is 45.5 Å². The van der Waals surface area contributed by atoms with Gasteiger partial charge in [-0.25, -0.2) is 4.98 Å². The second kappa shape index (κ2) is 8.00. The van der Waals surface area contributed by atoms with Crippen molar-refractivity contribution in [2.24, 2.45) is 0 Å². The summed E-state index contributed by atoms with van der Waals surface area (Å²) in [7, 11) is 0. The number of thiazole rings is 1. The van der Waals surface area contributed by atoms with Crippen LogP contribution in [0.5, 0.6) is 0 Å². The number of benzene rings is 2. The molecule has 2 aromatic carbocycles. The molecule has 0 aliphatic heterocycles. The molecule has 2 aromatic heterocycles. The molecule has 4 aromatic rings. The zero-order chi connectivity index (χ0) is 18.8. The number of nitrogens with zero attached hydrogens (tertiary/aromatic N) is 2. The first-order chi connectivity index (χ1) is 13.1. The minimum absolute atomic E-state index is 0.00464. The molecule has 0 fully saturated rings. The Bertz CT molecular complexity index is 1090. The maximum absolute atomic E-state index is 12.4. The number of imidazole rings is 1. The summed E-state index contributed by atoms with van der Waals surface area (Å²) in [6.45, 7) is 0.531. The summed E-state index contributed by atoms with van der Waals surface area (Å²) >= 11 is 9.75. The molecule has 0 aliphatic rings. The normalized spacial score (nSPS) is 11.0. The third-order valence-corrected chi connectivity index (χ3v) is 6.03. The highest BCUT2D eigenvalue weighted by atomic mass is 127. The summed E-state index contributed by atoms with van der Waals surface area (Å²) in [5, 5.41) is 5.66. The monoisotopic (exact) mass is 507 g/mol. The molecule has 2 heterocycles. The third-order valence-electron chi connectivity index (χ3n) is 4.17. The average Bonchev–Trinajstić information content (AvgIpc) is 3.24. The fourth-order valence-electron chi connectivity index (χ4n) is 2.75. The van der Waals surface area contributed by atoms with Gasteiger partial charge in [0.05, 0.1) is 12.1 Å². The Hall–Kier alpha value is -1.90. The molecular weight excluding hydrogens is 493 g/mol. The van der Waals surface area contributed by atoms with E-state index in [-0.39, 0.29) is 5.91 Å². The minimum atomic E-state index is -0.00464. The zero-order valence-corrected chi connectivity index (χ0v) is 17.9. The Kier molecular flexibility index (Phi) is 5.47. The van der Waals surface area contributed by atoms with Crippen LogP contribution in [0, 0.1) is 3.57 Å². The van der Waals surface area contributed by atoms with Gasteiger partial charge in [0.1, 0.15) is 0 Å². The number of carbonyl (C=O) groups excluding carboxylic acids is 1. The number of hydrogen-bond donors (Lipinski definition) is 1. The largest absolute Gasteiger partial charge is 0.352 e. The summed E-state index contributed by atoms with van der Waals surface area (Å²) < 4.78 is 3.17. The smallest absolute Gasteiger partial charge is 0.226 e. The number of aromatic nitrogens is 2. The van der Waals surface area contributed by atoms with Crippen LogP contribution in [-0.2, 0) is 17.8 Å². The topological polar surface area (TPSA) is 46.4 Å². The van der Waals surface area contributed by atoms with E-state index in [1.165, 1.54) is 14.9 Å². The second-order valence-electron chi connectivity index (χ2n) is 6.09. The number of carbonyl (C=O) groups is 1. The minimum Gasteiger partial charge on any atom is -0.352 e. The van der Waals surface area contributed by atoms with Gasteiger partial charge in [-0.3, -0.25) is 9.20 Å². The molecule has 4 nitrogen and oxygen atoms in total. The summed E-state index contributed by atoms with van der Waals surface area (Å²) in [6.07, 6.45) is 2.29. The van der Waals surface area contributed by atoms with Crippen molar-refractivity contribution in [3.8, 4) is 11.3 Å². The first-order valence-electron chi connectivity index (χ1n) is 8.31. The van der Waals surface area contributed by atoms with Gasteiger partial charge in [-0.1, -0.05) is 35.9 Å². The van der Waals surface area contributed by atoms with Gasteiger partial charge in [-0.2, -0.15) is 0 Å². The first kappa shape index (κ1) is 18.5. The zero-order valence-electron chi connectivity index (χ0n) is 14.2. The Morgan fingerprint density at radius 3 is 2.63 bits per heavy atom. The molecule has 7 heteroatoms. The maximum atomic E-state index is 12.4. The van der Waals surface area contributed by atoms with Gasteiger partial charge in [-0.15, -0.1) is 11.3 Å². The fraction of sp³-hybridized carbons (Fsp3) is 0.100.